The van der Waals surface area contributed by atoms with Crippen molar-refractivity contribution in [1.82, 2.24) is 0 Å². The number of carbonyl (C=O) groups is 1. The first-order valence-corrected chi connectivity index (χ1v) is 12.3. The summed E-state index contributed by atoms with van der Waals surface area (Å²) in [6.45, 7) is 2.21. The van der Waals surface area contributed by atoms with Crippen LogP contribution in [-0.2, 0) is 0 Å². The van der Waals surface area contributed by atoms with Gasteiger partial charge in [-0.2, -0.15) is 0 Å². The van der Waals surface area contributed by atoms with E-state index in [9.17, 15) is 15.0 Å². The molecule has 0 aliphatic rings. The minimum atomic E-state index is -1.01. The summed E-state index contributed by atoms with van der Waals surface area (Å²) in [5, 5.41) is 32.5. The van der Waals surface area contributed by atoms with E-state index in [0.29, 0.717) is 5.56 Å². The molecule has 5 heteroatoms. The monoisotopic (exact) mass is 452 g/mol. The predicted octanol–water partition coefficient (Wildman–Crippen LogP) is 7.11. The second-order valence-electron chi connectivity index (χ2n) is 8.24. The fourth-order valence-electron chi connectivity index (χ4n) is 3.83. The number of aliphatic hydroxyl groups is 2. The van der Waals surface area contributed by atoms with Gasteiger partial charge in [0, 0.05) is 4.90 Å². The van der Waals surface area contributed by atoms with Crippen molar-refractivity contribution in [2.45, 2.75) is 68.3 Å². The fourth-order valence-corrected chi connectivity index (χ4v) is 4.71. The number of hydrogen-bond acceptors (Lipinski definition) is 4. The molecule has 32 heavy (non-hydrogen) atoms. The van der Waals surface area contributed by atoms with E-state index in [1.54, 1.807) is 12.1 Å². The van der Waals surface area contributed by atoms with Gasteiger partial charge in [-0.3, -0.25) is 0 Å². The van der Waals surface area contributed by atoms with Gasteiger partial charge in [0.2, 0.25) is 0 Å². The summed E-state index contributed by atoms with van der Waals surface area (Å²) in [4.78, 5) is 12.1. The molecule has 4 nitrogen and oxygen atoms in total. The van der Waals surface area contributed by atoms with Crippen LogP contribution in [0.25, 0.3) is 10.8 Å². The topological polar surface area (TPSA) is 77.8 Å². The molecule has 0 spiro atoms. The number of thioether (sulfide) groups is 1. The van der Waals surface area contributed by atoms with E-state index in [1.165, 1.54) is 49.6 Å². The molecular formula is C27H32O4S. The van der Waals surface area contributed by atoms with E-state index in [4.69, 9.17) is 5.11 Å². The number of hydrogen-bond donors (Lipinski definition) is 3. The first-order chi connectivity index (χ1) is 15.5. The summed E-state index contributed by atoms with van der Waals surface area (Å²) in [5.41, 5.74) is 0.763. The Morgan fingerprint density at radius 2 is 1.59 bits per heavy atom. The van der Waals surface area contributed by atoms with Gasteiger partial charge in [0.05, 0.1) is 11.7 Å². The Morgan fingerprint density at radius 1 is 0.844 bits per heavy atom. The van der Waals surface area contributed by atoms with Gasteiger partial charge in [-0.05, 0) is 58.7 Å². The Balaban J connectivity index is 1.65. The predicted molar refractivity (Wildman–Crippen MR) is 131 cm³/mol. The Kier molecular flexibility index (Phi) is 9.15. The van der Waals surface area contributed by atoms with Gasteiger partial charge in [-0.25, -0.2) is 4.79 Å². The van der Waals surface area contributed by atoms with Crippen LogP contribution in [-0.4, -0.2) is 21.3 Å². The lowest BCUT2D eigenvalue weighted by molar-refractivity contribution is 0.0696. The molecule has 0 aromatic heterocycles. The van der Waals surface area contributed by atoms with E-state index in [1.807, 2.05) is 36.4 Å². The van der Waals surface area contributed by atoms with Crippen LogP contribution in [0.2, 0.25) is 0 Å². The maximum Gasteiger partial charge on any atom is 0.335 e. The van der Waals surface area contributed by atoms with Crippen molar-refractivity contribution in [3.63, 3.8) is 0 Å². The largest absolute Gasteiger partial charge is 0.478 e. The van der Waals surface area contributed by atoms with Crippen molar-refractivity contribution in [2.24, 2.45) is 0 Å². The van der Waals surface area contributed by atoms with Gasteiger partial charge in [-0.1, -0.05) is 87.5 Å². The number of rotatable bonds is 12. The minimum absolute atomic E-state index is 0.157. The van der Waals surface area contributed by atoms with Crippen molar-refractivity contribution in [2.75, 3.05) is 0 Å². The number of aromatic carboxylic acids is 1. The summed E-state index contributed by atoms with van der Waals surface area (Å²) >= 11 is 1.27. The van der Waals surface area contributed by atoms with Crippen LogP contribution in [0.1, 0.15) is 84.9 Å². The lowest BCUT2D eigenvalue weighted by Gasteiger charge is -2.14. The third kappa shape index (κ3) is 6.83. The number of carboxylic acid groups (broad SMARTS) is 1. The molecule has 0 aliphatic carbocycles. The molecule has 0 saturated heterocycles. The third-order valence-corrected chi connectivity index (χ3v) is 6.74. The van der Waals surface area contributed by atoms with Crippen LogP contribution in [0.3, 0.4) is 0 Å². The van der Waals surface area contributed by atoms with Crippen molar-refractivity contribution in [3.05, 3.63) is 77.4 Å². The number of benzene rings is 3. The van der Waals surface area contributed by atoms with Gasteiger partial charge in [0.25, 0.3) is 0 Å². The summed E-state index contributed by atoms with van der Waals surface area (Å²) in [6.07, 6.45) is 7.52. The average Bonchev–Trinajstić information content (AvgIpc) is 2.80. The average molecular weight is 453 g/mol. The molecule has 0 amide bonds. The first-order valence-electron chi connectivity index (χ1n) is 11.4. The molecule has 0 heterocycles. The van der Waals surface area contributed by atoms with Gasteiger partial charge in [-0.15, -0.1) is 0 Å². The summed E-state index contributed by atoms with van der Waals surface area (Å²) in [7, 11) is 0. The Bertz CT molecular complexity index is 1030. The molecule has 2 unspecified atom stereocenters. The normalized spacial score (nSPS) is 13.2. The quantitative estimate of drug-likeness (QED) is 0.155. The molecule has 0 bridgehead atoms. The zero-order chi connectivity index (χ0) is 22.9. The first kappa shape index (κ1) is 24.3. The highest BCUT2D eigenvalue weighted by molar-refractivity contribution is 7.99. The molecule has 170 valence electrons. The molecule has 0 aliphatic heterocycles. The molecule has 3 N–H and O–H groups in total. The van der Waals surface area contributed by atoms with Gasteiger partial charge >= 0.3 is 5.97 Å². The SMILES string of the molecule is CCCCCCCCC(O)c1ccc2ccc(SC(O)c3cccc(C(=O)O)c3)cc2c1. The molecule has 0 saturated carbocycles. The standard InChI is InChI=1S/C27H32O4S/c1-2-3-4-5-6-7-11-25(28)20-13-12-19-14-15-24(18-23(19)16-20)32-27(31)22-10-8-9-21(17-22)26(29)30/h8-10,12-18,25,27-28,31H,2-7,11H2,1H3,(H,29,30). The Labute approximate surface area is 194 Å². The highest BCUT2D eigenvalue weighted by atomic mass is 32.2. The fraction of sp³-hybridized carbons (Fsp3) is 0.370. The molecule has 2 atom stereocenters. The second-order valence-corrected chi connectivity index (χ2v) is 9.40. The van der Waals surface area contributed by atoms with Crippen LogP contribution in [0.4, 0.5) is 0 Å². The van der Waals surface area contributed by atoms with Crippen LogP contribution in [0.15, 0.2) is 65.6 Å². The van der Waals surface area contributed by atoms with Gasteiger partial charge in [0.1, 0.15) is 5.44 Å². The van der Waals surface area contributed by atoms with Gasteiger partial charge in [0.15, 0.2) is 0 Å². The van der Waals surface area contributed by atoms with Crippen molar-refractivity contribution in [3.8, 4) is 0 Å². The second kappa shape index (κ2) is 12.0. The minimum Gasteiger partial charge on any atom is -0.478 e. The van der Waals surface area contributed by atoms with E-state index in [-0.39, 0.29) is 5.56 Å². The van der Waals surface area contributed by atoms with Crippen LogP contribution < -0.4 is 0 Å². The smallest absolute Gasteiger partial charge is 0.335 e. The van der Waals surface area contributed by atoms with Gasteiger partial charge < -0.3 is 15.3 Å². The number of fused-ring (bicyclic) bond motifs is 1. The lowest BCUT2D eigenvalue weighted by Crippen LogP contribution is -1.99. The van der Waals surface area contributed by atoms with Crippen LogP contribution in [0.5, 0.6) is 0 Å². The van der Waals surface area contributed by atoms with Crippen molar-refractivity contribution >= 4 is 28.5 Å². The zero-order valence-corrected chi connectivity index (χ0v) is 19.4. The summed E-state index contributed by atoms with van der Waals surface area (Å²) < 4.78 is 0. The van der Waals surface area contributed by atoms with E-state index in [0.717, 1.165) is 40.5 Å². The molecule has 0 radical (unpaired) electrons. The molecule has 3 rings (SSSR count). The zero-order valence-electron chi connectivity index (χ0n) is 18.5. The Hall–Kier alpha value is -2.34. The van der Waals surface area contributed by atoms with Crippen LogP contribution >= 0.6 is 11.8 Å². The van der Waals surface area contributed by atoms with E-state index < -0.39 is 17.5 Å². The summed E-state index contributed by atoms with van der Waals surface area (Å²) in [5.74, 6) is -1.01. The van der Waals surface area contributed by atoms with Crippen molar-refractivity contribution < 1.29 is 20.1 Å². The maximum absolute atomic E-state index is 11.2. The lowest BCUT2D eigenvalue weighted by atomic mass is 9.99. The molecule has 3 aromatic carbocycles. The number of carboxylic acids is 1. The summed E-state index contributed by atoms with van der Waals surface area (Å²) in [6, 6.07) is 18.4. The third-order valence-electron chi connectivity index (χ3n) is 5.72. The van der Waals surface area contributed by atoms with E-state index in [2.05, 4.69) is 6.92 Å². The number of aliphatic hydroxyl groups excluding tert-OH is 2. The molecule has 3 aromatic rings. The molecule has 0 fully saturated rings. The highest BCUT2D eigenvalue weighted by Gasteiger charge is 2.13. The molecular weight excluding hydrogens is 420 g/mol. The van der Waals surface area contributed by atoms with Crippen LogP contribution in [0, 0.1) is 0 Å². The Morgan fingerprint density at radius 3 is 2.38 bits per heavy atom. The van der Waals surface area contributed by atoms with E-state index >= 15 is 0 Å². The van der Waals surface area contributed by atoms with Crippen molar-refractivity contribution in [1.29, 1.82) is 0 Å². The highest BCUT2D eigenvalue weighted by Crippen LogP contribution is 2.35. The maximum atomic E-state index is 11.2. The number of unbranched alkanes of at least 4 members (excludes halogenated alkanes) is 5.